The highest BCUT2D eigenvalue weighted by molar-refractivity contribution is 8.68. The summed E-state index contributed by atoms with van der Waals surface area (Å²) in [5.41, 5.74) is -2.23. The van der Waals surface area contributed by atoms with Crippen molar-refractivity contribution in [2.75, 3.05) is 0 Å². The molecule has 0 saturated carbocycles. The maximum atomic E-state index is 5.95. The molecule has 6 heteroatoms. The molecule has 1 unspecified atom stereocenters. The van der Waals surface area contributed by atoms with Crippen LogP contribution in [0.4, 0.5) is 0 Å². The van der Waals surface area contributed by atoms with Crippen LogP contribution in [-0.4, -0.2) is 33.7 Å². The van der Waals surface area contributed by atoms with Crippen molar-refractivity contribution >= 4 is 35.1 Å². The predicted octanol–water partition coefficient (Wildman–Crippen LogP) is 4.56. The van der Waals surface area contributed by atoms with Gasteiger partial charge in [0.1, 0.15) is 0 Å². The topological polar surface area (TPSA) is 34.4 Å². The van der Waals surface area contributed by atoms with Gasteiger partial charge >= 0.3 is 5.69 Å². The van der Waals surface area contributed by atoms with Crippen LogP contribution in [-0.2, 0) is 16.3 Å². The maximum absolute atomic E-state index is 5.95. The molecule has 0 fully saturated rings. The minimum Gasteiger partial charge on any atom is -0.391 e. The second kappa shape index (κ2) is 8.14. The number of nitrogens with zero attached hydrogens (tertiary/aromatic N) is 1. The zero-order chi connectivity index (χ0) is 15.3. The second-order valence-electron chi connectivity index (χ2n) is 5.90. The Morgan fingerprint density at radius 1 is 1.21 bits per heavy atom. The van der Waals surface area contributed by atoms with Crippen LogP contribution in [0, 0.1) is 0 Å². The van der Waals surface area contributed by atoms with E-state index in [4.69, 9.17) is 16.3 Å². The van der Waals surface area contributed by atoms with Gasteiger partial charge in [0.25, 0.3) is 0 Å². The van der Waals surface area contributed by atoms with E-state index in [1.807, 2.05) is 33.9 Å². The van der Waals surface area contributed by atoms with Crippen LogP contribution < -0.4 is 0 Å². The van der Waals surface area contributed by atoms with Crippen molar-refractivity contribution in [1.82, 2.24) is 0 Å². The summed E-state index contributed by atoms with van der Waals surface area (Å²) in [6.45, 7) is 16.5. The lowest BCUT2D eigenvalue weighted by Gasteiger charge is -2.27. The summed E-state index contributed by atoms with van der Waals surface area (Å²) in [6, 6.07) is 0.297. The summed E-state index contributed by atoms with van der Waals surface area (Å²) in [5.74, 6) is 0. The molecular formula is C13H29NO2PS2+. The largest absolute Gasteiger partial charge is 0.394 e. The lowest BCUT2D eigenvalue weighted by molar-refractivity contribution is 0.0646. The molecular weight excluding hydrogens is 297 g/mol. The Morgan fingerprint density at radius 3 is 2.11 bits per heavy atom. The zero-order valence-electron chi connectivity index (χ0n) is 13.4. The standard InChI is InChI=1S/C13H28NO2PS2/c1-10(2)14-9-13(7,8)19-17(18,15-11(3)4)16-12(5)6/h9-12H,1-8H3/p+1. The third-order valence-electron chi connectivity index (χ3n) is 1.75. The first kappa shape index (κ1) is 19.6. The summed E-state index contributed by atoms with van der Waals surface area (Å²) >= 11 is 7.34. The number of hydrogen-bond donors (Lipinski definition) is 0. The third-order valence-corrected chi connectivity index (χ3v) is 7.85. The van der Waals surface area contributed by atoms with E-state index in [0.717, 1.165) is 0 Å². The Hall–Kier alpha value is 0.590. The molecule has 0 heterocycles. The fourth-order valence-corrected chi connectivity index (χ4v) is 9.31. The predicted molar refractivity (Wildman–Crippen MR) is 93.2 cm³/mol. The van der Waals surface area contributed by atoms with Crippen LogP contribution in [0.2, 0.25) is 0 Å². The summed E-state index contributed by atoms with van der Waals surface area (Å²) in [7, 11) is 0. The van der Waals surface area contributed by atoms with Crippen LogP contribution in [0.3, 0.4) is 0 Å². The maximum Gasteiger partial charge on any atom is 0.394 e. The molecule has 114 valence electrons. The van der Waals surface area contributed by atoms with Crippen LogP contribution in [0.5, 0.6) is 0 Å². The van der Waals surface area contributed by atoms with Crippen LogP contribution >= 0.6 is 17.1 Å². The van der Waals surface area contributed by atoms with Gasteiger partial charge in [-0.2, -0.15) is 0 Å². The molecule has 0 radical (unpaired) electrons. The molecule has 1 N–H and O–H groups in total. The Kier molecular flexibility index (Phi) is 8.39. The summed E-state index contributed by atoms with van der Waals surface area (Å²) in [5, 5.41) is 0. The van der Waals surface area contributed by atoms with Gasteiger partial charge in [-0.25, -0.2) is 0 Å². The lowest BCUT2D eigenvalue weighted by atomic mass is 10.2. The summed E-state index contributed by atoms with van der Waals surface area (Å²) in [6.07, 6.45) is 2.26. The van der Waals surface area contributed by atoms with Crippen molar-refractivity contribution in [3.63, 3.8) is 0 Å². The summed E-state index contributed by atoms with van der Waals surface area (Å²) < 4.78 is 10.5. The number of hydrogen-bond acceptors (Lipinski definition) is 4. The van der Waals surface area contributed by atoms with Gasteiger partial charge in [0.2, 0.25) is 0 Å². The molecule has 3 nitrogen and oxygen atoms in total. The molecule has 0 amide bonds. The van der Waals surface area contributed by atoms with Crippen LogP contribution in [0.15, 0.2) is 4.99 Å². The van der Waals surface area contributed by atoms with E-state index in [0.29, 0.717) is 6.04 Å². The van der Waals surface area contributed by atoms with E-state index < -0.39 is 5.69 Å². The van der Waals surface area contributed by atoms with E-state index >= 15 is 0 Å². The molecule has 0 aliphatic rings. The van der Waals surface area contributed by atoms with Gasteiger partial charge < -0.3 is 4.52 Å². The fraction of sp³-hybridized carbons (Fsp3) is 0.923. The molecule has 0 aliphatic heterocycles. The van der Waals surface area contributed by atoms with E-state index in [9.17, 15) is 0 Å². The quantitative estimate of drug-likeness (QED) is 0.372. The van der Waals surface area contributed by atoms with Crippen molar-refractivity contribution in [1.29, 1.82) is 0 Å². The number of aliphatic hydroxyl groups is 1. The van der Waals surface area contributed by atoms with Gasteiger partial charge in [-0.3, -0.25) is 9.52 Å². The van der Waals surface area contributed by atoms with Crippen molar-refractivity contribution in [2.45, 2.75) is 78.4 Å². The van der Waals surface area contributed by atoms with Gasteiger partial charge in [-0.15, -0.1) is 0 Å². The smallest absolute Gasteiger partial charge is 0.391 e. The average molecular weight is 326 g/mol. The molecule has 0 aromatic rings. The second-order valence-corrected chi connectivity index (χ2v) is 12.7. The van der Waals surface area contributed by atoms with Crippen LogP contribution in [0.1, 0.15) is 55.4 Å². The van der Waals surface area contributed by atoms with Crippen molar-refractivity contribution in [3.05, 3.63) is 0 Å². The van der Waals surface area contributed by atoms with E-state index in [1.165, 1.54) is 0 Å². The van der Waals surface area contributed by atoms with E-state index in [1.54, 1.807) is 11.4 Å². The first-order valence-electron chi connectivity index (χ1n) is 6.71. The molecule has 0 spiro atoms. The zero-order valence-corrected chi connectivity index (χ0v) is 15.9. The monoisotopic (exact) mass is 326 g/mol. The fourth-order valence-electron chi connectivity index (χ4n) is 1.27. The van der Waals surface area contributed by atoms with Gasteiger partial charge in [0.15, 0.2) is 6.10 Å². The molecule has 0 rings (SSSR count). The highest BCUT2D eigenvalue weighted by Gasteiger charge is 2.37. The molecule has 0 aromatic heterocycles. The van der Waals surface area contributed by atoms with Crippen molar-refractivity contribution < 1.29 is 9.05 Å². The van der Waals surface area contributed by atoms with Crippen molar-refractivity contribution in [2.24, 2.45) is 4.99 Å². The Balaban J connectivity index is 4.94. The summed E-state index contributed by atoms with van der Waals surface area (Å²) in [4.78, 5) is 4.47. The van der Waals surface area contributed by atoms with Gasteiger partial charge in [0, 0.05) is 37.9 Å². The Labute approximate surface area is 127 Å². The molecule has 1 atom stereocenters. The highest BCUT2D eigenvalue weighted by Crippen LogP contribution is 2.64. The number of aliphatic imine (C=N–C) groups is 1. The van der Waals surface area contributed by atoms with E-state index in [2.05, 4.69) is 37.2 Å². The Morgan fingerprint density at radius 2 is 1.74 bits per heavy atom. The minimum atomic E-state index is -2.23. The Bertz CT molecular complexity index is 328. The normalized spacial score (nSPS) is 16.8. The molecule has 19 heavy (non-hydrogen) atoms. The lowest BCUT2D eigenvalue weighted by Crippen LogP contribution is -2.20. The minimum absolute atomic E-state index is 0.0960. The first-order valence-corrected chi connectivity index (χ1v) is 10.8. The average Bonchev–Trinajstić information content (AvgIpc) is 2.09. The van der Waals surface area contributed by atoms with Gasteiger partial charge in [0.05, 0.1) is 10.9 Å². The SMILES string of the molecule is CC(C)N=CC(C)(C)SP(=S)(OC(C)C)[OH+]C(C)C. The van der Waals surface area contributed by atoms with Crippen molar-refractivity contribution in [3.8, 4) is 0 Å². The van der Waals surface area contributed by atoms with Crippen LogP contribution in [0.25, 0.3) is 0 Å². The van der Waals surface area contributed by atoms with Gasteiger partial charge in [-0.1, -0.05) is 0 Å². The first-order chi connectivity index (χ1) is 8.46. The third kappa shape index (κ3) is 10.0. The number of rotatable bonds is 8. The molecule has 0 aliphatic carbocycles. The molecule has 0 saturated heterocycles. The molecule has 0 bridgehead atoms. The van der Waals surface area contributed by atoms with E-state index in [-0.39, 0.29) is 17.0 Å². The molecule has 0 aromatic carbocycles. The highest BCUT2D eigenvalue weighted by atomic mass is 32.9. The van der Waals surface area contributed by atoms with Gasteiger partial charge in [-0.05, 0) is 52.9 Å².